The topological polar surface area (TPSA) is 79.0 Å². The van der Waals surface area contributed by atoms with Crippen molar-refractivity contribution in [1.29, 1.82) is 0 Å². The van der Waals surface area contributed by atoms with Gasteiger partial charge in [0.1, 0.15) is 0 Å². The Kier molecular flexibility index (Phi) is 6.26. The summed E-state index contributed by atoms with van der Waals surface area (Å²) in [6.07, 6.45) is 2.26. The summed E-state index contributed by atoms with van der Waals surface area (Å²) in [5.41, 5.74) is 0. The van der Waals surface area contributed by atoms with Crippen LogP contribution >= 0.6 is 0 Å². The van der Waals surface area contributed by atoms with Crippen molar-refractivity contribution < 1.29 is 23.5 Å². The van der Waals surface area contributed by atoms with E-state index in [1.54, 1.807) is 12.1 Å². The molecule has 0 atom stereocenters. The fourth-order valence-corrected chi connectivity index (χ4v) is 3.21. The Balaban J connectivity index is 1.29. The second-order valence-electron chi connectivity index (χ2n) is 6.84. The molecule has 1 N–H and O–H groups in total. The molecule has 27 heavy (non-hydrogen) atoms. The average Bonchev–Trinajstić information content (AvgIpc) is 3.02. The predicted octanol–water partition coefficient (Wildman–Crippen LogP) is 0.792. The first-order chi connectivity index (χ1) is 13.0. The molecule has 0 bridgehead atoms. The van der Waals surface area contributed by atoms with E-state index in [0.717, 1.165) is 19.4 Å². The van der Waals surface area contributed by atoms with Gasteiger partial charge in [-0.05, 0) is 25.0 Å². The van der Waals surface area contributed by atoms with E-state index in [9.17, 15) is 18.8 Å². The van der Waals surface area contributed by atoms with E-state index in [-0.39, 0.29) is 36.0 Å². The standard InChI is InChI=1S/C19H24FN3O4/c20-15-5-1-2-6-16(15)27-13-18(25)23-11-14(12-23)19(26)21-8-4-10-22-9-3-7-17(22)24/h1-2,5-6,14H,3-4,7-13H2,(H,21,26). The van der Waals surface area contributed by atoms with Gasteiger partial charge in [-0.25, -0.2) is 4.39 Å². The fraction of sp³-hybridized carbons (Fsp3) is 0.526. The van der Waals surface area contributed by atoms with Crippen molar-refractivity contribution in [3.63, 3.8) is 0 Å². The summed E-state index contributed by atoms with van der Waals surface area (Å²) in [7, 11) is 0. The van der Waals surface area contributed by atoms with Crippen molar-refractivity contribution in [2.75, 3.05) is 39.3 Å². The van der Waals surface area contributed by atoms with Gasteiger partial charge in [-0.2, -0.15) is 0 Å². The lowest BCUT2D eigenvalue weighted by atomic mass is 9.99. The van der Waals surface area contributed by atoms with Gasteiger partial charge in [0, 0.05) is 39.1 Å². The molecule has 2 saturated heterocycles. The second kappa shape index (κ2) is 8.83. The van der Waals surface area contributed by atoms with Crippen molar-refractivity contribution in [2.24, 2.45) is 5.92 Å². The molecule has 1 aromatic carbocycles. The minimum Gasteiger partial charge on any atom is -0.481 e. The van der Waals surface area contributed by atoms with E-state index < -0.39 is 5.82 Å². The van der Waals surface area contributed by atoms with Gasteiger partial charge in [-0.1, -0.05) is 12.1 Å². The molecule has 1 aromatic rings. The van der Waals surface area contributed by atoms with Crippen molar-refractivity contribution in [2.45, 2.75) is 19.3 Å². The average molecular weight is 377 g/mol. The first-order valence-electron chi connectivity index (χ1n) is 9.25. The number of amides is 3. The van der Waals surface area contributed by atoms with E-state index >= 15 is 0 Å². The van der Waals surface area contributed by atoms with E-state index in [2.05, 4.69) is 5.32 Å². The number of nitrogens with zero attached hydrogens (tertiary/aromatic N) is 2. The van der Waals surface area contributed by atoms with Crippen LogP contribution in [0, 0.1) is 11.7 Å². The Morgan fingerprint density at radius 1 is 1.26 bits per heavy atom. The van der Waals surface area contributed by atoms with Crippen LogP contribution in [-0.2, 0) is 14.4 Å². The number of carbonyl (C=O) groups is 3. The van der Waals surface area contributed by atoms with Crippen LogP contribution in [0.15, 0.2) is 24.3 Å². The van der Waals surface area contributed by atoms with E-state index in [1.807, 2.05) is 4.90 Å². The normalized spacial score (nSPS) is 17.0. The lowest BCUT2D eigenvalue weighted by Gasteiger charge is -2.38. The van der Waals surface area contributed by atoms with Gasteiger partial charge in [0.2, 0.25) is 11.8 Å². The third-order valence-electron chi connectivity index (χ3n) is 4.87. The van der Waals surface area contributed by atoms with Crippen LogP contribution in [0.2, 0.25) is 0 Å². The molecule has 0 spiro atoms. The van der Waals surface area contributed by atoms with Gasteiger partial charge in [0.15, 0.2) is 18.2 Å². The Morgan fingerprint density at radius 2 is 2.04 bits per heavy atom. The molecule has 3 rings (SSSR count). The zero-order valence-electron chi connectivity index (χ0n) is 15.2. The highest BCUT2D eigenvalue weighted by Gasteiger charge is 2.35. The van der Waals surface area contributed by atoms with Crippen LogP contribution in [0.25, 0.3) is 0 Å². The summed E-state index contributed by atoms with van der Waals surface area (Å²) in [5, 5.41) is 2.85. The molecule has 7 nitrogen and oxygen atoms in total. The zero-order valence-corrected chi connectivity index (χ0v) is 15.2. The van der Waals surface area contributed by atoms with Crippen LogP contribution in [0.4, 0.5) is 4.39 Å². The van der Waals surface area contributed by atoms with Crippen molar-refractivity contribution >= 4 is 17.7 Å². The molecule has 0 radical (unpaired) electrons. The van der Waals surface area contributed by atoms with E-state index in [4.69, 9.17) is 4.74 Å². The Bertz CT molecular complexity index is 706. The second-order valence-corrected chi connectivity index (χ2v) is 6.84. The molecular weight excluding hydrogens is 353 g/mol. The third-order valence-corrected chi connectivity index (χ3v) is 4.87. The number of hydrogen-bond acceptors (Lipinski definition) is 4. The zero-order chi connectivity index (χ0) is 19.2. The van der Waals surface area contributed by atoms with Gasteiger partial charge in [0.25, 0.3) is 5.91 Å². The van der Waals surface area contributed by atoms with Crippen molar-refractivity contribution in [3.8, 4) is 5.75 Å². The first-order valence-corrected chi connectivity index (χ1v) is 9.25. The van der Waals surface area contributed by atoms with Gasteiger partial charge >= 0.3 is 0 Å². The molecular formula is C19H24FN3O4. The van der Waals surface area contributed by atoms with Gasteiger partial charge in [-0.3, -0.25) is 14.4 Å². The summed E-state index contributed by atoms with van der Waals surface area (Å²) in [6, 6.07) is 5.91. The summed E-state index contributed by atoms with van der Waals surface area (Å²) in [5.74, 6) is -0.862. The lowest BCUT2D eigenvalue weighted by Crippen LogP contribution is -2.56. The first kappa shape index (κ1) is 19.1. The molecule has 2 heterocycles. The number of ether oxygens (including phenoxy) is 1. The van der Waals surface area contributed by atoms with Crippen LogP contribution in [0.5, 0.6) is 5.75 Å². The maximum absolute atomic E-state index is 13.4. The molecule has 146 valence electrons. The van der Waals surface area contributed by atoms with Crippen LogP contribution in [0.3, 0.4) is 0 Å². The molecule has 2 aliphatic heterocycles. The number of rotatable bonds is 8. The molecule has 2 aliphatic rings. The number of hydrogen-bond donors (Lipinski definition) is 1. The van der Waals surface area contributed by atoms with Gasteiger partial charge in [-0.15, -0.1) is 0 Å². The summed E-state index contributed by atoms with van der Waals surface area (Å²) in [6.45, 7) is 2.43. The maximum Gasteiger partial charge on any atom is 0.260 e. The summed E-state index contributed by atoms with van der Waals surface area (Å²) < 4.78 is 18.6. The highest BCUT2D eigenvalue weighted by molar-refractivity contribution is 5.85. The Hall–Kier alpha value is -2.64. The van der Waals surface area contributed by atoms with Crippen LogP contribution < -0.4 is 10.1 Å². The molecule has 3 amide bonds. The highest BCUT2D eigenvalue weighted by Crippen LogP contribution is 2.18. The predicted molar refractivity (Wildman–Crippen MR) is 95.4 cm³/mol. The van der Waals surface area contributed by atoms with E-state index in [0.29, 0.717) is 32.6 Å². The minimum absolute atomic E-state index is 0.0390. The minimum atomic E-state index is -0.512. The smallest absolute Gasteiger partial charge is 0.260 e. The quantitative estimate of drug-likeness (QED) is 0.680. The fourth-order valence-electron chi connectivity index (χ4n) is 3.21. The Labute approximate surface area is 157 Å². The van der Waals surface area contributed by atoms with Crippen LogP contribution in [-0.4, -0.2) is 66.9 Å². The number of halogens is 1. The van der Waals surface area contributed by atoms with Gasteiger partial charge in [0.05, 0.1) is 5.92 Å². The molecule has 0 unspecified atom stereocenters. The molecule has 0 aromatic heterocycles. The van der Waals surface area contributed by atoms with Crippen molar-refractivity contribution in [1.82, 2.24) is 15.1 Å². The molecule has 2 fully saturated rings. The summed E-state index contributed by atoms with van der Waals surface area (Å²) >= 11 is 0. The lowest BCUT2D eigenvalue weighted by molar-refractivity contribution is -0.144. The highest BCUT2D eigenvalue weighted by atomic mass is 19.1. The number of nitrogens with one attached hydrogen (secondary N) is 1. The summed E-state index contributed by atoms with van der Waals surface area (Å²) in [4.78, 5) is 38.9. The number of likely N-dealkylation sites (tertiary alicyclic amines) is 2. The maximum atomic E-state index is 13.4. The van der Waals surface area contributed by atoms with Gasteiger partial charge < -0.3 is 19.9 Å². The van der Waals surface area contributed by atoms with Crippen molar-refractivity contribution in [3.05, 3.63) is 30.1 Å². The van der Waals surface area contributed by atoms with E-state index in [1.165, 1.54) is 17.0 Å². The largest absolute Gasteiger partial charge is 0.481 e. The molecule has 0 aliphatic carbocycles. The third kappa shape index (κ3) is 4.96. The Morgan fingerprint density at radius 3 is 2.74 bits per heavy atom. The monoisotopic (exact) mass is 377 g/mol. The SMILES string of the molecule is O=C(NCCCN1CCCC1=O)C1CN(C(=O)COc2ccccc2F)C1. The van der Waals surface area contributed by atoms with Crippen LogP contribution in [0.1, 0.15) is 19.3 Å². The number of carbonyl (C=O) groups excluding carboxylic acids is 3. The number of para-hydroxylation sites is 1. The number of benzene rings is 1. The molecule has 0 saturated carbocycles. The molecule has 8 heteroatoms.